The molecule has 1 unspecified atom stereocenters. The summed E-state index contributed by atoms with van der Waals surface area (Å²) < 4.78 is 0. The summed E-state index contributed by atoms with van der Waals surface area (Å²) in [4.78, 5) is 11.8. The van der Waals surface area contributed by atoms with E-state index in [-0.39, 0.29) is 12.1 Å². The van der Waals surface area contributed by atoms with Gasteiger partial charge in [-0.3, -0.25) is 5.32 Å². The van der Waals surface area contributed by atoms with Crippen molar-refractivity contribution < 1.29 is 4.79 Å². The molecule has 0 saturated heterocycles. The standard InChI is InChI=1S/C15H19N5O/c1-3-16-11(2)12-6-8-13(9-7-12)18-15(21)19-14-5-4-10-17-20-14/h4-11,16H,3H2,1-2H3,(H2,18,19,20,21). The predicted octanol–water partition coefficient (Wildman–Crippen LogP) is 2.79. The minimum Gasteiger partial charge on any atom is -0.310 e. The van der Waals surface area contributed by atoms with Gasteiger partial charge in [-0.15, -0.1) is 5.10 Å². The molecule has 2 aromatic rings. The van der Waals surface area contributed by atoms with Crippen molar-refractivity contribution in [3.8, 4) is 0 Å². The Morgan fingerprint density at radius 3 is 2.57 bits per heavy atom. The second-order valence-corrected chi connectivity index (χ2v) is 4.59. The lowest BCUT2D eigenvalue weighted by Crippen LogP contribution is -2.20. The molecule has 1 heterocycles. The third kappa shape index (κ3) is 4.54. The smallest absolute Gasteiger partial charge is 0.310 e. The minimum absolute atomic E-state index is 0.289. The monoisotopic (exact) mass is 285 g/mol. The van der Waals surface area contributed by atoms with Crippen molar-refractivity contribution in [1.29, 1.82) is 0 Å². The first-order valence-electron chi connectivity index (χ1n) is 6.88. The number of aromatic nitrogens is 2. The second-order valence-electron chi connectivity index (χ2n) is 4.59. The van der Waals surface area contributed by atoms with Crippen LogP contribution in [0.5, 0.6) is 0 Å². The fraction of sp³-hybridized carbons (Fsp3) is 0.267. The van der Waals surface area contributed by atoms with Gasteiger partial charge in [-0.05, 0) is 43.3 Å². The van der Waals surface area contributed by atoms with E-state index in [0.717, 1.165) is 12.2 Å². The van der Waals surface area contributed by atoms with Gasteiger partial charge in [0.05, 0.1) is 0 Å². The number of benzene rings is 1. The van der Waals surface area contributed by atoms with Crippen molar-refractivity contribution in [3.05, 3.63) is 48.2 Å². The topological polar surface area (TPSA) is 78.9 Å². The molecule has 1 atom stereocenters. The number of urea groups is 1. The molecule has 0 aliphatic rings. The molecule has 1 aromatic carbocycles. The van der Waals surface area contributed by atoms with Crippen LogP contribution in [-0.4, -0.2) is 22.8 Å². The zero-order valence-corrected chi connectivity index (χ0v) is 12.1. The molecule has 2 amide bonds. The Balaban J connectivity index is 1.92. The number of nitrogens with one attached hydrogen (secondary N) is 3. The van der Waals surface area contributed by atoms with Crippen LogP contribution in [0.3, 0.4) is 0 Å². The molecule has 0 aliphatic heterocycles. The van der Waals surface area contributed by atoms with Gasteiger partial charge in [0.1, 0.15) is 0 Å². The molecule has 0 bridgehead atoms. The van der Waals surface area contributed by atoms with Crippen LogP contribution in [0, 0.1) is 0 Å². The number of anilines is 2. The SMILES string of the molecule is CCNC(C)c1ccc(NC(=O)Nc2cccnn2)cc1. The summed E-state index contributed by atoms with van der Waals surface area (Å²) in [5.74, 6) is 0.410. The molecule has 21 heavy (non-hydrogen) atoms. The quantitative estimate of drug-likeness (QED) is 0.789. The van der Waals surface area contributed by atoms with Crippen molar-refractivity contribution in [2.45, 2.75) is 19.9 Å². The molecule has 6 nitrogen and oxygen atoms in total. The molecule has 0 saturated carbocycles. The normalized spacial score (nSPS) is 11.7. The number of nitrogens with zero attached hydrogens (tertiary/aromatic N) is 2. The van der Waals surface area contributed by atoms with Gasteiger partial charge in [0.15, 0.2) is 5.82 Å². The molecule has 0 spiro atoms. The number of rotatable bonds is 5. The van der Waals surface area contributed by atoms with Gasteiger partial charge < -0.3 is 10.6 Å². The van der Waals surface area contributed by atoms with Gasteiger partial charge in [-0.1, -0.05) is 19.1 Å². The Hall–Kier alpha value is -2.47. The van der Waals surface area contributed by atoms with E-state index in [9.17, 15) is 4.79 Å². The molecule has 110 valence electrons. The third-order valence-electron chi connectivity index (χ3n) is 2.99. The van der Waals surface area contributed by atoms with E-state index in [1.54, 1.807) is 18.3 Å². The lowest BCUT2D eigenvalue weighted by atomic mass is 10.1. The molecule has 0 aliphatic carbocycles. The van der Waals surface area contributed by atoms with Gasteiger partial charge in [-0.2, -0.15) is 5.10 Å². The molecule has 0 fully saturated rings. The molecule has 6 heteroatoms. The van der Waals surface area contributed by atoms with E-state index in [0.29, 0.717) is 5.82 Å². The van der Waals surface area contributed by atoms with E-state index in [2.05, 4.69) is 40.0 Å². The van der Waals surface area contributed by atoms with Crippen molar-refractivity contribution in [2.75, 3.05) is 17.2 Å². The molecule has 2 rings (SSSR count). The first-order valence-corrected chi connectivity index (χ1v) is 6.88. The van der Waals surface area contributed by atoms with E-state index in [1.807, 2.05) is 24.3 Å². The van der Waals surface area contributed by atoms with E-state index >= 15 is 0 Å². The van der Waals surface area contributed by atoms with Crippen LogP contribution in [0.15, 0.2) is 42.6 Å². The summed E-state index contributed by atoms with van der Waals surface area (Å²) in [6.07, 6.45) is 1.55. The average Bonchev–Trinajstić information content (AvgIpc) is 2.49. The van der Waals surface area contributed by atoms with Crippen LogP contribution in [0.1, 0.15) is 25.5 Å². The summed E-state index contributed by atoms with van der Waals surface area (Å²) in [5.41, 5.74) is 1.90. The molecular weight excluding hydrogens is 266 g/mol. The molecule has 0 radical (unpaired) electrons. The first-order chi connectivity index (χ1) is 10.2. The zero-order chi connectivity index (χ0) is 15.1. The minimum atomic E-state index is -0.344. The summed E-state index contributed by atoms with van der Waals surface area (Å²) >= 11 is 0. The maximum absolute atomic E-state index is 11.8. The average molecular weight is 285 g/mol. The second kappa shape index (κ2) is 7.35. The van der Waals surface area contributed by atoms with Crippen molar-refractivity contribution >= 4 is 17.5 Å². The summed E-state index contributed by atoms with van der Waals surface area (Å²) in [6.45, 7) is 5.09. The van der Waals surface area contributed by atoms with E-state index < -0.39 is 0 Å². The fourth-order valence-electron chi connectivity index (χ4n) is 1.93. The Kier molecular flexibility index (Phi) is 5.22. The van der Waals surface area contributed by atoms with Gasteiger partial charge in [0.2, 0.25) is 0 Å². The number of carbonyl (C=O) groups is 1. The third-order valence-corrected chi connectivity index (χ3v) is 2.99. The van der Waals surface area contributed by atoms with Crippen LogP contribution < -0.4 is 16.0 Å². The van der Waals surface area contributed by atoms with E-state index in [1.165, 1.54) is 5.56 Å². The van der Waals surface area contributed by atoms with Crippen molar-refractivity contribution in [1.82, 2.24) is 15.5 Å². The van der Waals surface area contributed by atoms with Gasteiger partial charge in [-0.25, -0.2) is 4.79 Å². The van der Waals surface area contributed by atoms with Gasteiger partial charge in [0, 0.05) is 17.9 Å². The lowest BCUT2D eigenvalue weighted by Gasteiger charge is -2.13. The van der Waals surface area contributed by atoms with Crippen LogP contribution >= 0.6 is 0 Å². The van der Waals surface area contributed by atoms with Crippen molar-refractivity contribution in [3.63, 3.8) is 0 Å². The molecule has 1 aromatic heterocycles. The fourth-order valence-corrected chi connectivity index (χ4v) is 1.93. The number of amides is 2. The van der Waals surface area contributed by atoms with Gasteiger partial charge >= 0.3 is 6.03 Å². The Bertz CT molecular complexity index is 570. The molecule has 3 N–H and O–H groups in total. The maximum atomic E-state index is 11.8. The highest BCUT2D eigenvalue weighted by atomic mass is 16.2. The first kappa shape index (κ1) is 14.9. The summed E-state index contributed by atoms with van der Waals surface area (Å²) in [7, 11) is 0. The Morgan fingerprint density at radius 1 is 1.19 bits per heavy atom. The predicted molar refractivity (Wildman–Crippen MR) is 83.2 cm³/mol. The zero-order valence-electron chi connectivity index (χ0n) is 12.1. The number of hydrogen-bond acceptors (Lipinski definition) is 4. The van der Waals surface area contributed by atoms with Crippen LogP contribution in [0.25, 0.3) is 0 Å². The lowest BCUT2D eigenvalue weighted by molar-refractivity contribution is 0.262. The van der Waals surface area contributed by atoms with Crippen molar-refractivity contribution in [2.24, 2.45) is 0 Å². The Labute approximate surface area is 124 Å². The molecular formula is C15H19N5O. The number of carbonyl (C=O) groups excluding carboxylic acids is 1. The highest BCUT2D eigenvalue weighted by Crippen LogP contribution is 2.16. The highest BCUT2D eigenvalue weighted by Gasteiger charge is 2.06. The van der Waals surface area contributed by atoms with Gasteiger partial charge in [0.25, 0.3) is 0 Å². The number of hydrogen-bond donors (Lipinski definition) is 3. The maximum Gasteiger partial charge on any atom is 0.324 e. The summed E-state index contributed by atoms with van der Waals surface area (Å²) in [5, 5.41) is 16.2. The van der Waals surface area contributed by atoms with Crippen LogP contribution in [0.4, 0.5) is 16.3 Å². The van der Waals surface area contributed by atoms with E-state index in [4.69, 9.17) is 0 Å². The Morgan fingerprint density at radius 2 is 1.95 bits per heavy atom. The highest BCUT2D eigenvalue weighted by molar-refractivity contribution is 5.99. The van der Waals surface area contributed by atoms with Crippen LogP contribution in [-0.2, 0) is 0 Å². The summed E-state index contributed by atoms with van der Waals surface area (Å²) in [6, 6.07) is 11.1. The van der Waals surface area contributed by atoms with Crippen LogP contribution in [0.2, 0.25) is 0 Å². The largest absolute Gasteiger partial charge is 0.324 e.